The van der Waals surface area contributed by atoms with Gasteiger partial charge in [0, 0.05) is 10.5 Å². The SMILES string of the molecule is Cc1ccc(C(=O)Oc2ccc(OC(=O)c3ccc(C)cc3)c(S(=O)(=O)c3ccc(Br)cc3)c2)cc1. The molecule has 4 aromatic rings. The number of benzene rings is 4. The first-order chi connectivity index (χ1) is 17.1. The van der Waals surface area contributed by atoms with E-state index in [9.17, 15) is 18.0 Å². The highest BCUT2D eigenvalue weighted by Gasteiger charge is 2.26. The standard InChI is InChI=1S/C28H21BrO6S/c1-18-3-7-20(8-4-18)27(30)34-23-13-16-25(35-28(31)21-9-5-19(2)6-10-21)26(17-23)36(32,33)24-14-11-22(29)12-15-24/h3-17H,1-2H3. The summed E-state index contributed by atoms with van der Waals surface area (Å²) in [5.41, 5.74) is 2.52. The van der Waals surface area contributed by atoms with Crippen LogP contribution in [-0.4, -0.2) is 20.4 Å². The summed E-state index contributed by atoms with van der Waals surface area (Å²) in [6, 6.07) is 23.4. The summed E-state index contributed by atoms with van der Waals surface area (Å²) < 4.78 is 38.7. The summed E-state index contributed by atoms with van der Waals surface area (Å²) in [5.74, 6) is -1.55. The maximum Gasteiger partial charge on any atom is 0.343 e. The average Bonchev–Trinajstić information content (AvgIpc) is 2.86. The molecule has 0 saturated heterocycles. The highest BCUT2D eigenvalue weighted by Crippen LogP contribution is 2.34. The Kier molecular flexibility index (Phi) is 7.37. The van der Waals surface area contributed by atoms with Gasteiger partial charge in [-0.25, -0.2) is 18.0 Å². The number of ether oxygens (including phenoxy) is 2. The van der Waals surface area contributed by atoms with E-state index in [1.165, 1.54) is 30.3 Å². The van der Waals surface area contributed by atoms with Crippen LogP contribution in [0, 0.1) is 13.8 Å². The fraction of sp³-hybridized carbons (Fsp3) is 0.0714. The second-order valence-corrected chi connectivity index (χ2v) is 10.9. The smallest absolute Gasteiger partial charge is 0.343 e. The summed E-state index contributed by atoms with van der Waals surface area (Å²) >= 11 is 3.29. The molecule has 0 saturated carbocycles. The van der Waals surface area contributed by atoms with Gasteiger partial charge in [0.05, 0.1) is 16.0 Å². The molecule has 182 valence electrons. The zero-order valence-electron chi connectivity index (χ0n) is 19.4. The van der Waals surface area contributed by atoms with Gasteiger partial charge in [-0.3, -0.25) is 0 Å². The largest absolute Gasteiger partial charge is 0.423 e. The summed E-state index contributed by atoms with van der Waals surface area (Å²) in [4.78, 5) is 25.0. The van der Waals surface area contributed by atoms with Crippen LogP contribution in [0.3, 0.4) is 0 Å². The van der Waals surface area contributed by atoms with Crippen LogP contribution in [-0.2, 0) is 9.84 Å². The third-order valence-electron chi connectivity index (χ3n) is 5.32. The molecule has 4 rings (SSSR count). The first-order valence-corrected chi connectivity index (χ1v) is 13.1. The van der Waals surface area contributed by atoms with E-state index >= 15 is 0 Å². The zero-order valence-corrected chi connectivity index (χ0v) is 21.8. The third-order valence-corrected chi connectivity index (χ3v) is 7.64. The van der Waals surface area contributed by atoms with Crippen molar-refractivity contribution in [3.63, 3.8) is 0 Å². The molecule has 0 atom stereocenters. The fourth-order valence-electron chi connectivity index (χ4n) is 3.29. The lowest BCUT2D eigenvalue weighted by Crippen LogP contribution is -2.13. The second-order valence-electron chi connectivity index (χ2n) is 8.08. The van der Waals surface area contributed by atoms with Crippen molar-refractivity contribution in [2.45, 2.75) is 23.6 Å². The summed E-state index contributed by atoms with van der Waals surface area (Å²) in [6.07, 6.45) is 0. The van der Waals surface area contributed by atoms with Gasteiger partial charge in [0.25, 0.3) is 0 Å². The molecule has 0 N–H and O–H groups in total. The molecule has 0 aliphatic heterocycles. The molecule has 8 heteroatoms. The number of carbonyl (C=O) groups is 2. The molecule has 0 bridgehead atoms. The Balaban J connectivity index is 1.72. The van der Waals surface area contributed by atoms with Crippen molar-refractivity contribution < 1.29 is 27.5 Å². The molecule has 0 aromatic heterocycles. The lowest BCUT2D eigenvalue weighted by Gasteiger charge is -2.13. The normalized spacial score (nSPS) is 11.1. The van der Waals surface area contributed by atoms with Crippen LogP contribution in [0.4, 0.5) is 0 Å². The maximum atomic E-state index is 13.5. The molecule has 0 aliphatic rings. The van der Waals surface area contributed by atoms with E-state index in [4.69, 9.17) is 9.47 Å². The molecule has 0 aliphatic carbocycles. The highest BCUT2D eigenvalue weighted by molar-refractivity contribution is 9.10. The Morgan fingerprint density at radius 3 is 1.69 bits per heavy atom. The van der Waals surface area contributed by atoms with Gasteiger partial charge < -0.3 is 9.47 Å². The second kappa shape index (κ2) is 10.5. The van der Waals surface area contributed by atoms with Gasteiger partial charge in [0.2, 0.25) is 9.84 Å². The van der Waals surface area contributed by atoms with Gasteiger partial charge in [-0.05, 0) is 74.5 Å². The van der Waals surface area contributed by atoms with Crippen molar-refractivity contribution in [1.82, 2.24) is 0 Å². The Morgan fingerprint density at radius 1 is 0.667 bits per heavy atom. The first kappa shape index (κ1) is 25.3. The number of carbonyl (C=O) groups excluding carboxylic acids is 2. The summed E-state index contributed by atoms with van der Waals surface area (Å²) in [7, 11) is -4.14. The van der Waals surface area contributed by atoms with E-state index in [1.807, 2.05) is 13.8 Å². The molecule has 36 heavy (non-hydrogen) atoms. The molecule has 6 nitrogen and oxygen atoms in total. The first-order valence-electron chi connectivity index (χ1n) is 10.9. The van der Waals surface area contributed by atoms with Crippen molar-refractivity contribution in [2.75, 3.05) is 0 Å². The van der Waals surface area contributed by atoms with Crippen molar-refractivity contribution in [3.8, 4) is 11.5 Å². The van der Waals surface area contributed by atoms with Gasteiger partial charge in [0.1, 0.15) is 10.6 Å². The lowest BCUT2D eigenvalue weighted by atomic mass is 10.1. The van der Waals surface area contributed by atoms with E-state index in [1.54, 1.807) is 60.7 Å². The molecule has 0 amide bonds. The highest BCUT2D eigenvalue weighted by atomic mass is 79.9. The molecule has 0 radical (unpaired) electrons. The Morgan fingerprint density at radius 2 is 1.17 bits per heavy atom. The number of esters is 2. The van der Waals surface area contributed by atoms with Crippen molar-refractivity contribution >= 4 is 37.7 Å². The molecular weight excluding hydrogens is 544 g/mol. The maximum absolute atomic E-state index is 13.5. The minimum atomic E-state index is -4.14. The van der Waals surface area contributed by atoms with Crippen molar-refractivity contribution in [2.24, 2.45) is 0 Å². The monoisotopic (exact) mass is 564 g/mol. The van der Waals surface area contributed by atoms with Crippen molar-refractivity contribution in [1.29, 1.82) is 0 Å². The van der Waals surface area contributed by atoms with Crippen LogP contribution in [0.25, 0.3) is 0 Å². The van der Waals surface area contributed by atoms with E-state index in [0.717, 1.165) is 11.1 Å². The van der Waals surface area contributed by atoms with Crippen LogP contribution < -0.4 is 9.47 Å². The number of hydrogen-bond donors (Lipinski definition) is 0. The molecule has 0 heterocycles. The average molecular weight is 565 g/mol. The van der Waals surface area contributed by atoms with Gasteiger partial charge in [-0.15, -0.1) is 0 Å². The summed E-state index contributed by atoms with van der Waals surface area (Å²) in [5, 5.41) is 0. The van der Waals surface area contributed by atoms with Crippen molar-refractivity contribution in [3.05, 3.63) is 118 Å². The van der Waals surface area contributed by atoms with Gasteiger partial charge >= 0.3 is 11.9 Å². The number of hydrogen-bond acceptors (Lipinski definition) is 6. The predicted octanol–water partition coefficient (Wildman–Crippen LogP) is 6.34. The molecular formula is C28H21BrO6S. The van der Waals surface area contributed by atoms with Crippen LogP contribution >= 0.6 is 15.9 Å². The lowest BCUT2D eigenvalue weighted by molar-refractivity contribution is 0.0715. The van der Waals surface area contributed by atoms with Crippen LogP contribution in [0.5, 0.6) is 11.5 Å². The Bertz CT molecular complexity index is 1520. The van der Waals surface area contributed by atoms with Gasteiger partial charge in [-0.1, -0.05) is 51.3 Å². The number of rotatable bonds is 6. The van der Waals surface area contributed by atoms with E-state index in [2.05, 4.69) is 15.9 Å². The van der Waals surface area contributed by atoms with Gasteiger partial charge in [0.15, 0.2) is 5.75 Å². The minimum Gasteiger partial charge on any atom is -0.423 e. The zero-order chi connectivity index (χ0) is 25.9. The predicted molar refractivity (Wildman–Crippen MR) is 138 cm³/mol. The van der Waals surface area contributed by atoms with Crippen LogP contribution in [0.2, 0.25) is 0 Å². The number of aryl methyl sites for hydroxylation is 2. The topological polar surface area (TPSA) is 86.7 Å². The number of sulfone groups is 1. The van der Waals surface area contributed by atoms with Crippen LogP contribution in [0.15, 0.2) is 105 Å². The summed E-state index contributed by atoms with van der Waals surface area (Å²) in [6.45, 7) is 3.78. The van der Waals surface area contributed by atoms with E-state index in [0.29, 0.717) is 10.0 Å². The fourth-order valence-corrected chi connectivity index (χ4v) is 4.95. The minimum absolute atomic E-state index is 0.00797. The molecule has 4 aromatic carbocycles. The molecule has 0 spiro atoms. The van der Waals surface area contributed by atoms with Gasteiger partial charge in [-0.2, -0.15) is 0 Å². The number of halogens is 1. The quantitative estimate of drug-likeness (QED) is 0.200. The third kappa shape index (κ3) is 5.72. The van der Waals surface area contributed by atoms with Crippen LogP contribution in [0.1, 0.15) is 31.8 Å². The van der Waals surface area contributed by atoms with E-state index in [-0.39, 0.29) is 26.9 Å². The Labute approximate surface area is 217 Å². The molecule has 0 unspecified atom stereocenters. The van der Waals surface area contributed by atoms with E-state index < -0.39 is 21.8 Å². The molecule has 0 fully saturated rings. The Hall–Kier alpha value is -3.75.